The van der Waals surface area contributed by atoms with Gasteiger partial charge in [0.2, 0.25) is 10.0 Å². The van der Waals surface area contributed by atoms with Crippen molar-refractivity contribution in [1.82, 2.24) is 4.72 Å². The van der Waals surface area contributed by atoms with Gasteiger partial charge in [-0.3, -0.25) is 0 Å². The number of halogens is 1. The fourth-order valence-electron chi connectivity index (χ4n) is 2.97. The first-order chi connectivity index (χ1) is 12.3. The van der Waals surface area contributed by atoms with Crippen molar-refractivity contribution in [3.63, 3.8) is 0 Å². The van der Waals surface area contributed by atoms with Crippen molar-refractivity contribution in [2.24, 2.45) is 5.92 Å². The smallest absolute Gasteiger partial charge is 0.243 e. The van der Waals surface area contributed by atoms with Gasteiger partial charge in [-0.05, 0) is 30.9 Å². The molecular formula is C18H28FNO5S. The molecule has 8 heteroatoms. The first-order valence-electron chi connectivity index (χ1n) is 8.99. The van der Waals surface area contributed by atoms with Crippen LogP contribution in [-0.4, -0.2) is 51.6 Å². The van der Waals surface area contributed by atoms with Crippen LogP contribution in [0.5, 0.6) is 0 Å². The number of aliphatic hydroxyl groups is 1. The van der Waals surface area contributed by atoms with Crippen LogP contribution in [-0.2, 0) is 19.5 Å². The molecule has 1 fully saturated rings. The minimum absolute atomic E-state index is 0.0980. The first-order valence-corrected chi connectivity index (χ1v) is 10.5. The summed E-state index contributed by atoms with van der Waals surface area (Å²) in [5.41, 5.74) is 0. The van der Waals surface area contributed by atoms with Crippen molar-refractivity contribution in [2.45, 2.75) is 56.3 Å². The molecule has 1 aromatic rings. The van der Waals surface area contributed by atoms with Gasteiger partial charge in [0.25, 0.3) is 0 Å². The van der Waals surface area contributed by atoms with Crippen molar-refractivity contribution in [3.05, 3.63) is 30.1 Å². The molecule has 0 radical (unpaired) electrons. The van der Waals surface area contributed by atoms with Crippen molar-refractivity contribution in [1.29, 1.82) is 0 Å². The summed E-state index contributed by atoms with van der Waals surface area (Å²) in [4.78, 5) is -0.412. The lowest BCUT2D eigenvalue weighted by atomic mass is 9.92. The van der Waals surface area contributed by atoms with Crippen LogP contribution in [0.4, 0.5) is 4.39 Å². The molecule has 0 saturated carbocycles. The zero-order valence-electron chi connectivity index (χ0n) is 15.2. The summed E-state index contributed by atoms with van der Waals surface area (Å²) >= 11 is 0. The summed E-state index contributed by atoms with van der Waals surface area (Å²) in [6.07, 6.45) is 0.597. The quantitative estimate of drug-likeness (QED) is 0.675. The summed E-state index contributed by atoms with van der Waals surface area (Å²) < 4.78 is 52.5. The van der Waals surface area contributed by atoms with Gasteiger partial charge in [-0.15, -0.1) is 0 Å². The molecule has 0 aliphatic carbocycles. The van der Waals surface area contributed by atoms with Crippen LogP contribution >= 0.6 is 0 Å². The second-order valence-electron chi connectivity index (χ2n) is 6.68. The lowest BCUT2D eigenvalue weighted by molar-refractivity contribution is -0.0945. The Balaban J connectivity index is 2.07. The third kappa shape index (κ3) is 5.72. The second kappa shape index (κ2) is 9.75. The van der Waals surface area contributed by atoms with E-state index in [1.165, 1.54) is 18.2 Å². The molecular weight excluding hydrogens is 361 g/mol. The Morgan fingerprint density at radius 2 is 2.08 bits per heavy atom. The largest absolute Gasteiger partial charge is 0.391 e. The Morgan fingerprint density at radius 3 is 2.69 bits per heavy atom. The van der Waals surface area contributed by atoms with Crippen LogP contribution in [0.1, 0.15) is 33.1 Å². The van der Waals surface area contributed by atoms with Gasteiger partial charge in [-0.2, -0.15) is 0 Å². The van der Waals surface area contributed by atoms with E-state index in [0.717, 1.165) is 6.07 Å². The van der Waals surface area contributed by atoms with Crippen LogP contribution in [0.2, 0.25) is 0 Å². The lowest BCUT2D eigenvalue weighted by Gasteiger charge is -2.30. The van der Waals surface area contributed by atoms with Crippen LogP contribution < -0.4 is 4.72 Å². The topological polar surface area (TPSA) is 84.9 Å². The molecule has 26 heavy (non-hydrogen) atoms. The number of sulfonamides is 1. The number of benzene rings is 1. The van der Waals surface area contributed by atoms with Crippen LogP contribution in [0, 0.1) is 11.7 Å². The number of ether oxygens (including phenoxy) is 2. The summed E-state index contributed by atoms with van der Waals surface area (Å²) in [7, 11) is -4.07. The van der Waals surface area contributed by atoms with Crippen molar-refractivity contribution < 1.29 is 27.4 Å². The molecule has 2 unspecified atom stereocenters. The third-order valence-corrected chi connectivity index (χ3v) is 6.25. The first kappa shape index (κ1) is 21.2. The Bertz CT molecular complexity index is 663. The van der Waals surface area contributed by atoms with E-state index in [9.17, 15) is 17.9 Å². The normalized spacial score (nSPS) is 21.9. The molecule has 0 aromatic heterocycles. The fraction of sp³-hybridized carbons (Fsp3) is 0.667. The molecule has 1 heterocycles. The SMILES string of the molecule is CC[C@H](C)[C@H](NS(=O)(=O)c1ccccc1F)C(O)CCC1COCCO1. The van der Waals surface area contributed by atoms with E-state index < -0.39 is 32.9 Å². The molecule has 1 aliphatic heterocycles. The summed E-state index contributed by atoms with van der Waals surface area (Å²) in [5, 5.41) is 10.6. The maximum atomic E-state index is 13.9. The average molecular weight is 389 g/mol. The van der Waals surface area contributed by atoms with Crippen molar-refractivity contribution >= 4 is 10.0 Å². The van der Waals surface area contributed by atoms with Gasteiger partial charge in [0, 0.05) is 0 Å². The summed E-state index contributed by atoms with van der Waals surface area (Å²) in [6.45, 7) is 5.34. The number of nitrogens with one attached hydrogen (secondary N) is 1. The van der Waals surface area contributed by atoms with Crippen molar-refractivity contribution in [3.8, 4) is 0 Å². The molecule has 1 aromatic carbocycles. The van der Waals surface area contributed by atoms with Gasteiger partial charge in [0.15, 0.2) is 0 Å². The van der Waals surface area contributed by atoms with E-state index in [2.05, 4.69) is 4.72 Å². The van der Waals surface area contributed by atoms with Crippen LogP contribution in [0.25, 0.3) is 0 Å². The number of aliphatic hydroxyl groups excluding tert-OH is 1. The molecule has 0 amide bonds. The number of hydrogen-bond donors (Lipinski definition) is 2. The highest BCUT2D eigenvalue weighted by Crippen LogP contribution is 2.21. The standard InChI is InChI=1S/C18H28FNO5S/c1-3-13(2)18(16(21)9-8-14-12-24-10-11-25-14)20-26(22,23)17-7-5-4-6-15(17)19/h4-7,13-14,16,18,20-21H,3,8-12H2,1-2H3/t13-,14?,16?,18-/m0/s1. The Hall–Kier alpha value is -1.06. The van der Waals surface area contributed by atoms with E-state index in [1.807, 2.05) is 13.8 Å². The fourth-order valence-corrected chi connectivity index (χ4v) is 4.43. The van der Waals surface area contributed by atoms with Crippen molar-refractivity contribution in [2.75, 3.05) is 19.8 Å². The van der Waals surface area contributed by atoms with Gasteiger partial charge < -0.3 is 14.6 Å². The van der Waals surface area contributed by atoms with Gasteiger partial charge >= 0.3 is 0 Å². The average Bonchev–Trinajstić information content (AvgIpc) is 2.64. The van der Waals surface area contributed by atoms with Gasteiger partial charge in [-0.25, -0.2) is 17.5 Å². The molecule has 4 atom stereocenters. The highest BCUT2D eigenvalue weighted by molar-refractivity contribution is 7.89. The molecule has 0 spiro atoms. The molecule has 0 bridgehead atoms. The molecule has 6 nitrogen and oxygen atoms in total. The van der Waals surface area contributed by atoms with Gasteiger partial charge in [-0.1, -0.05) is 32.4 Å². The van der Waals surface area contributed by atoms with Crippen LogP contribution in [0.3, 0.4) is 0 Å². The lowest BCUT2D eigenvalue weighted by Crippen LogP contribution is -2.47. The number of hydrogen-bond acceptors (Lipinski definition) is 5. The predicted molar refractivity (Wildman–Crippen MR) is 95.8 cm³/mol. The Labute approximate surface area is 154 Å². The van der Waals surface area contributed by atoms with E-state index in [-0.39, 0.29) is 12.0 Å². The summed E-state index contributed by atoms with van der Waals surface area (Å²) in [6, 6.07) is 4.50. The molecule has 2 N–H and O–H groups in total. The van der Waals surface area contributed by atoms with E-state index >= 15 is 0 Å². The zero-order valence-corrected chi connectivity index (χ0v) is 16.0. The number of rotatable bonds is 9. The highest BCUT2D eigenvalue weighted by atomic mass is 32.2. The maximum absolute atomic E-state index is 13.9. The molecule has 148 valence electrons. The van der Waals surface area contributed by atoms with E-state index in [4.69, 9.17) is 9.47 Å². The molecule has 1 aliphatic rings. The molecule has 2 rings (SSSR count). The van der Waals surface area contributed by atoms with Crippen LogP contribution in [0.15, 0.2) is 29.2 Å². The minimum atomic E-state index is -4.07. The molecule has 1 saturated heterocycles. The van der Waals surface area contributed by atoms with E-state index in [0.29, 0.717) is 39.1 Å². The predicted octanol–water partition coefficient (Wildman–Crippen LogP) is 2.08. The highest BCUT2D eigenvalue weighted by Gasteiger charge is 2.31. The monoisotopic (exact) mass is 389 g/mol. The second-order valence-corrected chi connectivity index (χ2v) is 8.36. The Kier molecular flexibility index (Phi) is 7.97. The summed E-state index contributed by atoms with van der Waals surface area (Å²) in [5.74, 6) is -0.930. The third-order valence-electron chi connectivity index (χ3n) is 4.76. The minimum Gasteiger partial charge on any atom is -0.391 e. The van der Waals surface area contributed by atoms with E-state index in [1.54, 1.807) is 0 Å². The maximum Gasteiger partial charge on any atom is 0.243 e. The zero-order chi connectivity index (χ0) is 19.2. The van der Waals surface area contributed by atoms with Gasteiger partial charge in [0.1, 0.15) is 10.7 Å². The van der Waals surface area contributed by atoms with Gasteiger partial charge in [0.05, 0.1) is 38.1 Å². The Morgan fingerprint density at radius 1 is 1.35 bits per heavy atom.